The number of carbonyl (C=O) groups is 1. The first kappa shape index (κ1) is 24.4. The number of benzene rings is 2. The lowest BCUT2D eigenvalue weighted by atomic mass is 9.82. The summed E-state index contributed by atoms with van der Waals surface area (Å²) in [6.45, 7) is 4.37. The quantitative estimate of drug-likeness (QED) is 0.584. The molecule has 1 saturated heterocycles. The highest BCUT2D eigenvalue weighted by Crippen LogP contribution is 2.44. The van der Waals surface area contributed by atoms with Gasteiger partial charge in [-0.15, -0.1) is 0 Å². The van der Waals surface area contributed by atoms with Gasteiger partial charge in [0, 0.05) is 17.4 Å². The van der Waals surface area contributed by atoms with Gasteiger partial charge >= 0.3 is 5.97 Å². The molecule has 0 spiro atoms. The molecule has 0 aromatic heterocycles. The second kappa shape index (κ2) is 10.7. The number of ether oxygens (including phenoxy) is 1. The van der Waals surface area contributed by atoms with E-state index >= 15 is 0 Å². The summed E-state index contributed by atoms with van der Waals surface area (Å²) in [4.78, 5) is 11.5. The zero-order valence-corrected chi connectivity index (χ0v) is 19.8. The Bertz CT molecular complexity index is 1200. The van der Waals surface area contributed by atoms with E-state index in [0.29, 0.717) is 30.6 Å². The van der Waals surface area contributed by atoms with E-state index in [0.717, 1.165) is 17.0 Å². The van der Waals surface area contributed by atoms with E-state index in [-0.39, 0.29) is 29.8 Å². The third-order valence-electron chi connectivity index (χ3n) is 6.44. The second-order valence-corrected chi connectivity index (χ2v) is 8.47. The lowest BCUT2D eigenvalue weighted by Gasteiger charge is -2.28. The summed E-state index contributed by atoms with van der Waals surface area (Å²) in [7, 11) is 0. The average Bonchev–Trinajstić information content (AvgIpc) is 3.14. The summed E-state index contributed by atoms with van der Waals surface area (Å²) < 4.78 is 19.9. The summed E-state index contributed by atoms with van der Waals surface area (Å²) in [6, 6.07) is 15.6. The van der Waals surface area contributed by atoms with E-state index in [2.05, 4.69) is 6.07 Å². The molecule has 0 amide bonds. The Kier molecular flexibility index (Phi) is 7.42. The van der Waals surface area contributed by atoms with Crippen molar-refractivity contribution < 1.29 is 19.0 Å². The van der Waals surface area contributed by atoms with Crippen LogP contribution in [-0.4, -0.2) is 29.5 Å². The van der Waals surface area contributed by atoms with Crippen molar-refractivity contribution >= 4 is 17.4 Å². The highest BCUT2D eigenvalue weighted by atomic mass is 19.1. The van der Waals surface area contributed by atoms with Gasteiger partial charge in [-0.3, -0.25) is 5.01 Å². The smallest absolute Gasteiger partial charge is 0.331 e. The maximum atomic E-state index is 13.7. The van der Waals surface area contributed by atoms with Crippen LogP contribution in [0.5, 0.6) is 0 Å². The molecule has 0 saturated carbocycles. The first-order valence-corrected chi connectivity index (χ1v) is 11.9. The molecule has 1 fully saturated rings. The van der Waals surface area contributed by atoms with Crippen LogP contribution in [0.3, 0.4) is 0 Å². The Hall–Kier alpha value is -3.76. The number of halogens is 1. The molecule has 35 heavy (non-hydrogen) atoms. The highest BCUT2D eigenvalue weighted by Gasteiger charge is 2.44. The minimum Gasteiger partial charge on any atom is -0.478 e. The number of rotatable bonds is 3. The molecule has 7 heteroatoms. The van der Waals surface area contributed by atoms with Crippen molar-refractivity contribution in [3.05, 3.63) is 89.3 Å². The second-order valence-electron chi connectivity index (χ2n) is 8.47. The van der Waals surface area contributed by atoms with E-state index in [9.17, 15) is 14.3 Å². The Morgan fingerprint density at radius 3 is 2.54 bits per heavy atom. The number of nitriles is 1. The van der Waals surface area contributed by atoms with E-state index in [4.69, 9.17) is 15.1 Å². The number of fused-ring (bicyclic) bond motifs is 4. The minimum absolute atomic E-state index is 0.000393. The number of carboxylic acids is 1. The van der Waals surface area contributed by atoms with Crippen molar-refractivity contribution in [2.24, 2.45) is 16.9 Å². The molecule has 2 bridgehead atoms. The molecule has 2 heterocycles. The van der Waals surface area contributed by atoms with E-state index < -0.39 is 5.97 Å². The van der Waals surface area contributed by atoms with Crippen molar-refractivity contribution in [3.8, 4) is 6.07 Å². The molecular weight excluding hydrogens is 445 g/mol. The van der Waals surface area contributed by atoms with Gasteiger partial charge in [-0.25, -0.2) is 9.18 Å². The monoisotopic (exact) mass is 473 g/mol. The van der Waals surface area contributed by atoms with Crippen LogP contribution in [0.25, 0.3) is 0 Å². The van der Waals surface area contributed by atoms with Gasteiger partial charge in [-0.05, 0) is 60.9 Å². The molecule has 2 aromatic carbocycles. The summed E-state index contributed by atoms with van der Waals surface area (Å²) in [5.41, 5.74) is 3.61. The molecule has 2 aromatic rings. The molecule has 2 aliphatic heterocycles. The number of hydrazone groups is 1. The van der Waals surface area contributed by atoms with E-state index in [1.54, 1.807) is 30.3 Å². The van der Waals surface area contributed by atoms with Gasteiger partial charge in [-0.2, -0.15) is 10.4 Å². The van der Waals surface area contributed by atoms with Crippen LogP contribution in [0.4, 0.5) is 10.1 Å². The van der Waals surface area contributed by atoms with Crippen molar-refractivity contribution in [1.29, 1.82) is 5.26 Å². The molecule has 4 atom stereocenters. The van der Waals surface area contributed by atoms with Crippen molar-refractivity contribution in [2.45, 2.75) is 38.8 Å². The summed E-state index contributed by atoms with van der Waals surface area (Å²) >= 11 is 0. The van der Waals surface area contributed by atoms with Gasteiger partial charge in [0.15, 0.2) is 0 Å². The van der Waals surface area contributed by atoms with Gasteiger partial charge in [0.2, 0.25) is 0 Å². The van der Waals surface area contributed by atoms with Crippen molar-refractivity contribution in [2.75, 3.05) is 11.6 Å². The molecular formula is C28H28FN3O3. The van der Waals surface area contributed by atoms with Gasteiger partial charge in [0.05, 0.1) is 41.8 Å². The normalized spacial score (nSPS) is 27.3. The molecule has 0 radical (unpaired) electrons. The predicted molar refractivity (Wildman–Crippen MR) is 132 cm³/mol. The predicted octanol–water partition coefficient (Wildman–Crippen LogP) is 5.63. The SMILES string of the molecule is CC.N#Cc1ccc(N2N=C3C4/C=C\C/C(C(=O)O)=C\C(C4)OCC3C2c2ccc(F)cc2)cc1. The first-order chi connectivity index (χ1) is 17.0. The number of hydrogen-bond donors (Lipinski definition) is 1. The lowest BCUT2D eigenvalue weighted by molar-refractivity contribution is -0.132. The summed E-state index contributed by atoms with van der Waals surface area (Å²) in [5.74, 6) is -1.33. The van der Waals surface area contributed by atoms with Gasteiger partial charge in [0.25, 0.3) is 0 Å². The lowest BCUT2D eigenvalue weighted by Crippen LogP contribution is -2.29. The van der Waals surface area contributed by atoms with Gasteiger partial charge < -0.3 is 9.84 Å². The first-order valence-electron chi connectivity index (χ1n) is 11.9. The van der Waals surface area contributed by atoms with Crippen molar-refractivity contribution in [3.63, 3.8) is 0 Å². The average molecular weight is 474 g/mol. The topological polar surface area (TPSA) is 85.9 Å². The van der Waals surface area contributed by atoms with Crippen LogP contribution >= 0.6 is 0 Å². The van der Waals surface area contributed by atoms with Gasteiger partial charge in [0.1, 0.15) is 5.82 Å². The fraction of sp³-hybridized carbons (Fsp3) is 0.321. The Labute approximate surface area is 204 Å². The molecule has 3 aliphatic rings. The Morgan fingerprint density at radius 1 is 1.17 bits per heavy atom. The van der Waals surface area contributed by atoms with Crippen LogP contribution in [0.1, 0.15) is 43.9 Å². The van der Waals surface area contributed by atoms with Crippen LogP contribution in [0.15, 0.2) is 77.4 Å². The van der Waals surface area contributed by atoms with Crippen LogP contribution in [-0.2, 0) is 9.53 Å². The largest absolute Gasteiger partial charge is 0.478 e. The molecule has 1 N–H and O–H groups in total. The zero-order valence-electron chi connectivity index (χ0n) is 19.8. The van der Waals surface area contributed by atoms with E-state index in [1.807, 2.05) is 43.1 Å². The summed E-state index contributed by atoms with van der Waals surface area (Å²) in [5, 5.41) is 25.6. The number of nitrogens with zero attached hydrogens (tertiary/aromatic N) is 3. The number of carboxylic acid groups (broad SMARTS) is 1. The number of aliphatic carboxylic acids is 1. The van der Waals surface area contributed by atoms with E-state index in [1.165, 1.54) is 12.1 Å². The minimum atomic E-state index is -0.931. The summed E-state index contributed by atoms with van der Waals surface area (Å²) in [6.07, 6.45) is 6.28. The van der Waals surface area contributed by atoms with Crippen LogP contribution in [0, 0.1) is 29.0 Å². The van der Waals surface area contributed by atoms with Crippen LogP contribution < -0.4 is 5.01 Å². The Balaban J connectivity index is 0.00000141. The standard InChI is InChI=1S/C26H22FN3O3.C2H6/c27-20-8-6-17(7-9-20)25-23-15-33-22-12-18(2-1-3-19(13-22)26(31)32)24(23)29-30(25)21-10-4-16(14-28)5-11-21;1-2/h1-2,4-11,13,18,22-23,25H,3,12,15H2,(H,31,32);1-2H3/b2-1-,19-13+;. The van der Waals surface area contributed by atoms with Gasteiger partial charge in [-0.1, -0.05) is 38.1 Å². The molecule has 1 aliphatic carbocycles. The van der Waals surface area contributed by atoms with Crippen molar-refractivity contribution in [1.82, 2.24) is 0 Å². The molecule has 6 nitrogen and oxygen atoms in total. The maximum absolute atomic E-state index is 13.7. The molecule has 180 valence electrons. The third-order valence-corrected chi connectivity index (χ3v) is 6.44. The fourth-order valence-electron chi connectivity index (χ4n) is 4.83. The highest BCUT2D eigenvalue weighted by molar-refractivity contribution is 5.95. The molecule has 5 rings (SSSR count). The third kappa shape index (κ3) is 5.03. The molecule has 4 unspecified atom stereocenters. The number of anilines is 1. The Morgan fingerprint density at radius 2 is 1.89 bits per heavy atom. The zero-order chi connectivity index (χ0) is 24.9. The number of allylic oxidation sites excluding steroid dienone is 2. The fourth-order valence-corrected chi connectivity index (χ4v) is 4.83. The number of hydrogen-bond acceptors (Lipinski definition) is 5. The van der Waals surface area contributed by atoms with Crippen LogP contribution in [0.2, 0.25) is 0 Å². The maximum Gasteiger partial charge on any atom is 0.331 e.